The second kappa shape index (κ2) is 9.98. The van der Waals surface area contributed by atoms with E-state index in [2.05, 4.69) is 48.3 Å². The molecule has 1 aliphatic carbocycles. The van der Waals surface area contributed by atoms with E-state index in [4.69, 9.17) is 4.74 Å². The maximum atomic E-state index is 12.6. The predicted octanol–water partition coefficient (Wildman–Crippen LogP) is 5.80. The van der Waals surface area contributed by atoms with Crippen molar-refractivity contribution >= 4 is 11.6 Å². The highest BCUT2D eigenvalue weighted by Gasteiger charge is 2.21. The van der Waals surface area contributed by atoms with Crippen molar-refractivity contribution in [1.82, 2.24) is 14.8 Å². The first-order valence-corrected chi connectivity index (χ1v) is 11.6. The Morgan fingerprint density at radius 3 is 2.41 bits per heavy atom. The maximum Gasteiger partial charge on any atom is 0.336 e. The van der Waals surface area contributed by atoms with Crippen molar-refractivity contribution in [3.05, 3.63) is 54.1 Å². The molecule has 168 valence electrons. The van der Waals surface area contributed by atoms with Crippen LogP contribution in [-0.2, 0) is 4.79 Å². The molecule has 1 saturated carbocycles. The first-order valence-electron chi connectivity index (χ1n) is 11.6. The van der Waals surface area contributed by atoms with Gasteiger partial charge in [0.15, 0.2) is 5.82 Å². The molecular weight excluding hydrogens is 400 g/mol. The molecule has 6 heteroatoms. The number of anilines is 1. The van der Waals surface area contributed by atoms with Crippen molar-refractivity contribution in [2.45, 2.75) is 52.9 Å². The molecule has 6 nitrogen and oxygen atoms in total. The lowest BCUT2D eigenvalue weighted by Gasteiger charge is -2.20. The Morgan fingerprint density at radius 1 is 1.06 bits per heavy atom. The average Bonchev–Trinajstić information content (AvgIpc) is 3.23. The number of carbonyl (C=O) groups excluding carboxylic acids is 1. The lowest BCUT2D eigenvalue weighted by molar-refractivity contribution is -0.120. The summed E-state index contributed by atoms with van der Waals surface area (Å²) < 4.78 is 7.60. The lowest BCUT2D eigenvalue weighted by Crippen LogP contribution is -2.24. The van der Waals surface area contributed by atoms with E-state index in [9.17, 15) is 4.79 Å². The molecule has 32 heavy (non-hydrogen) atoms. The third-order valence-corrected chi connectivity index (χ3v) is 5.80. The number of hydrogen-bond acceptors (Lipinski definition) is 4. The second-order valence-electron chi connectivity index (χ2n) is 9.07. The Bertz CT molecular complexity index is 1030. The van der Waals surface area contributed by atoms with Gasteiger partial charge in [-0.05, 0) is 49.9 Å². The van der Waals surface area contributed by atoms with Crippen LogP contribution in [0.2, 0.25) is 0 Å². The van der Waals surface area contributed by atoms with Gasteiger partial charge in [-0.15, -0.1) is 5.10 Å². The van der Waals surface area contributed by atoms with Crippen molar-refractivity contribution < 1.29 is 9.53 Å². The molecule has 1 aromatic heterocycles. The van der Waals surface area contributed by atoms with Crippen LogP contribution >= 0.6 is 0 Å². The van der Waals surface area contributed by atoms with Crippen LogP contribution in [0, 0.1) is 18.8 Å². The van der Waals surface area contributed by atoms with Crippen molar-refractivity contribution in [1.29, 1.82) is 0 Å². The highest BCUT2D eigenvalue weighted by molar-refractivity contribution is 5.92. The molecule has 1 fully saturated rings. The van der Waals surface area contributed by atoms with Gasteiger partial charge in [0.2, 0.25) is 5.91 Å². The van der Waals surface area contributed by atoms with E-state index in [0.717, 1.165) is 48.4 Å². The number of nitrogens with one attached hydrogen (secondary N) is 1. The maximum absolute atomic E-state index is 12.6. The van der Waals surface area contributed by atoms with E-state index in [0.29, 0.717) is 18.5 Å². The molecule has 0 spiro atoms. The molecule has 0 bridgehead atoms. The molecular formula is C26H32N4O2. The van der Waals surface area contributed by atoms with Gasteiger partial charge in [0.1, 0.15) is 0 Å². The summed E-state index contributed by atoms with van der Waals surface area (Å²) in [7, 11) is 0. The van der Waals surface area contributed by atoms with Crippen LogP contribution in [0.5, 0.6) is 6.01 Å². The number of rotatable bonds is 7. The van der Waals surface area contributed by atoms with E-state index in [1.165, 1.54) is 12.0 Å². The fourth-order valence-electron chi connectivity index (χ4n) is 3.96. The van der Waals surface area contributed by atoms with Gasteiger partial charge in [0, 0.05) is 17.2 Å². The van der Waals surface area contributed by atoms with Crippen molar-refractivity contribution in [3.63, 3.8) is 0 Å². The molecule has 0 atom stereocenters. The number of hydrogen-bond donors (Lipinski definition) is 1. The van der Waals surface area contributed by atoms with Crippen molar-refractivity contribution in [2.75, 3.05) is 11.9 Å². The van der Waals surface area contributed by atoms with Crippen LogP contribution in [-0.4, -0.2) is 27.3 Å². The Labute approximate surface area is 190 Å². The number of benzene rings is 2. The summed E-state index contributed by atoms with van der Waals surface area (Å²) in [5, 5.41) is 7.68. The first-order chi connectivity index (χ1) is 15.5. The van der Waals surface area contributed by atoms with Gasteiger partial charge in [-0.1, -0.05) is 62.9 Å². The number of nitrogens with zero attached hydrogens (tertiary/aromatic N) is 3. The first kappa shape index (κ1) is 22.1. The van der Waals surface area contributed by atoms with E-state index in [1.807, 2.05) is 36.4 Å². The predicted molar refractivity (Wildman–Crippen MR) is 127 cm³/mol. The average molecular weight is 433 g/mol. The normalized spacial score (nSPS) is 14.5. The minimum absolute atomic E-state index is 0.128. The Hall–Kier alpha value is -3.15. The monoisotopic (exact) mass is 432 g/mol. The molecule has 0 saturated heterocycles. The number of ether oxygens (including phenoxy) is 1. The second-order valence-corrected chi connectivity index (χ2v) is 9.07. The van der Waals surface area contributed by atoms with E-state index < -0.39 is 0 Å². The fraction of sp³-hybridized carbons (Fsp3) is 0.423. The molecule has 2 aromatic carbocycles. The van der Waals surface area contributed by atoms with Gasteiger partial charge in [-0.2, -0.15) is 4.98 Å². The summed E-state index contributed by atoms with van der Waals surface area (Å²) in [5.74, 6) is 1.37. The van der Waals surface area contributed by atoms with E-state index in [-0.39, 0.29) is 11.8 Å². The standard InChI is InChI=1S/C26H32N4O2/c1-18(2)17-32-26-28-24(20-11-9-19(3)10-12-20)30(29-26)23-15-13-22(14-16-23)27-25(31)21-7-5-4-6-8-21/h9-16,18,21H,4-8,17H2,1-3H3,(H,27,31). The molecule has 0 aliphatic heterocycles. The van der Waals surface area contributed by atoms with Crippen LogP contribution in [0.3, 0.4) is 0 Å². The molecule has 3 aromatic rings. The molecule has 0 unspecified atom stereocenters. The summed E-state index contributed by atoms with van der Waals surface area (Å²) in [6, 6.07) is 16.3. The third-order valence-electron chi connectivity index (χ3n) is 5.80. The van der Waals surface area contributed by atoms with Gasteiger partial charge in [-0.3, -0.25) is 4.79 Å². The summed E-state index contributed by atoms with van der Waals surface area (Å²) in [5.41, 5.74) is 3.83. The zero-order valence-corrected chi connectivity index (χ0v) is 19.2. The number of carbonyl (C=O) groups is 1. The summed E-state index contributed by atoms with van der Waals surface area (Å²) in [6.45, 7) is 6.81. The van der Waals surface area contributed by atoms with E-state index in [1.54, 1.807) is 4.68 Å². The zero-order chi connectivity index (χ0) is 22.5. The molecule has 1 heterocycles. The SMILES string of the molecule is Cc1ccc(-c2nc(OCC(C)C)nn2-c2ccc(NC(=O)C3CCCCC3)cc2)cc1. The van der Waals surface area contributed by atoms with Crippen LogP contribution in [0.25, 0.3) is 17.1 Å². The van der Waals surface area contributed by atoms with Crippen LogP contribution in [0.4, 0.5) is 5.69 Å². The Morgan fingerprint density at radius 2 is 1.75 bits per heavy atom. The Kier molecular flexibility index (Phi) is 6.88. The third kappa shape index (κ3) is 5.36. The van der Waals surface area contributed by atoms with Gasteiger partial charge in [-0.25, -0.2) is 4.68 Å². The van der Waals surface area contributed by atoms with Crippen LogP contribution in [0.1, 0.15) is 51.5 Å². The smallest absolute Gasteiger partial charge is 0.336 e. The van der Waals surface area contributed by atoms with E-state index >= 15 is 0 Å². The summed E-state index contributed by atoms with van der Waals surface area (Å²) >= 11 is 0. The number of aromatic nitrogens is 3. The molecule has 0 radical (unpaired) electrons. The quantitative estimate of drug-likeness (QED) is 0.512. The number of aryl methyl sites for hydroxylation is 1. The summed E-state index contributed by atoms with van der Waals surface area (Å²) in [6.07, 6.45) is 5.51. The minimum Gasteiger partial charge on any atom is -0.462 e. The molecule has 1 aliphatic rings. The van der Waals surface area contributed by atoms with Crippen molar-refractivity contribution in [3.8, 4) is 23.1 Å². The van der Waals surface area contributed by atoms with Gasteiger partial charge in [0.05, 0.1) is 12.3 Å². The van der Waals surface area contributed by atoms with Gasteiger partial charge >= 0.3 is 6.01 Å². The largest absolute Gasteiger partial charge is 0.462 e. The summed E-state index contributed by atoms with van der Waals surface area (Å²) in [4.78, 5) is 17.2. The molecule has 1 N–H and O–H groups in total. The van der Waals surface area contributed by atoms with Gasteiger partial charge < -0.3 is 10.1 Å². The molecule has 1 amide bonds. The van der Waals surface area contributed by atoms with Crippen molar-refractivity contribution in [2.24, 2.45) is 11.8 Å². The van der Waals surface area contributed by atoms with Crippen LogP contribution in [0.15, 0.2) is 48.5 Å². The number of amides is 1. The minimum atomic E-state index is 0.128. The highest BCUT2D eigenvalue weighted by atomic mass is 16.5. The van der Waals surface area contributed by atoms with Crippen LogP contribution < -0.4 is 10.1 Å². The zero-order valence-electron chi connectivity index (χ0n) is 19.2. The topological polar surface area (TPSA) is 69.0 Å². The van der Waals surface area contributed by atoms with Gasteiger partial charge in [0.25, 0.3) is 0 Å². The molecule has 4 rings (SSSR count). The fourth-order valence-corrected chi connectivity index (χ4v) is 3.96. The lowest BCUT2D eigenvalue weighted by atomic mass is 9.88. The highest BCUT2D eigenvalue weighted by Crippen LogP contribution is 2.27. The Balaban J connectivity index is 1.57.